The average molecular weight is 305 g/mol. The van der Waals surface area contributed by atoms with E-state index in [4.69, 9.17) is 4.74 Å². The summed E-state index contributed by atoms with van der Waals surface area (Å²) in [5.41, 5.74) is 0.158. The highest BCUT2D eigenvalue weighted by atomic mass is 16.6. The maximum absolute atomic E-state index is 12.2. The van der Waals surface area contributed by atoms with E-state index in [1.807, 2.05) is 0 Å². The third kappa shape index (κ3) is 2.46. The van der Waals surface area contributed by atoms with Gasteiger partial charge >= 0.3 is 5.97 Å². The predicted octanol–water partition coefficient (Wildman–Crippen LogP) is 2.83. The number of nitrogens with one attached hydrogen (secondary N) is 1. The third-order valence-corrected chi connectivity index (χ3v) is 6.33. The molecule has 0 spiro atoms. The van der Waals surface area contributed by atoms with E-state index in [1.54, 1.807) is 0 Å². The summed E-state index contributed by atoms with van der Waals surface area (Å²) in [5, 5.41) is 2.52. The minimum absolute atomic E-state index is 0.0628. The topological polar surface area (TPSA) is 55.4 Å². The fourth-order valence-corrected chi connectivity index (χ4v) is 5.74. The fraction of sp³-hybridized carbons (Fsp3) is 0.778. The molecule has 0 saturated heterocycles. The van der Waals surface area contributed by atoms with E-state index >= 15 is 0 Å². The number of esters is 1. The van der Waals surface area contributed by atoms with Gasteiger partial charge < -0.3 is 10.1 Å². The first-order valence-corrected chi connectivity index (χ1v) is 8.53. The van der Waals surface area contributed by atoms with Gasteiger partial charge in [-0.1, -0.05) is 20.4 Å². The average Bonchev–Trinajstić information content (AvgIpc) is 2.47. The maximum atomic E-state index is 12.2. The van der Waals surface area contributed by atoms with Gasteiger partial charge in [-0.15, -0.1) is 0 Å². The smallest absolute Gasteiger partial charge is 0.325 e. The predicted molar refractivity (Wildman–Crippen MR) is 84.0 cm³/mol. The van der Waals surface area contributed by atoms with E-state index in [2.05, 4.69) is 25.7 Å². The molecule has 0 aromatic carbocycles. The van der Waals surface area contributed by atoms with Crippen LogP contribution in [0.25, 0.3) is 0 Å². The summed E-state index contributed by atoms with van der Waals surface area (Å²) < 4.78 is 6.02. The van der Waals surface area contributed by atoms with Crippen molar-refractivity contribution in [2.24, 2.45) is 23.2 Å². The highest BCUT2D eigenvalue weighted by molar-refractivity contribution is 5.89. The molecule has 4 fully saturated rings. The monoisotopic (exact) mass is 305 g/mol. The maximum Gasteiger partial charge on any atom is 0.325 e. The molecule has 0 heterocycles. The summed E-state index contributed by atoms with van der Waals surface area (Å²) in [6.07, 6.45) is 8.17. The first-order chi connectivity index (χ1) is 10.4. The van der Waals surface area contributed by atoms with Crippen molar-refractivity contribution in [2.45, 2.75) is 58.0 Å². The molecular weight excluding hydrogens is 278 g/mol. The molecule has 0 aliphatic heterocycles. The molecule has 0 aromatic rings. The van der Waals surface area contributed by atoms with Gasteiger partial charge in [-0.2, -0.15) is 0 Å². The largest absolute Gasteiger partial charge is 0.457 e. The van der Waals surface area contributed by atoms with Crippen LogP contribution in [0, 0.1) is 23.2 Å². The number of carbonyl (C=O) groups excluding carboxylic acids is 2. The van der Waals surface area contributed by atoms with Crippen LogP contribution in [0.2, 0.25) is 0 Å². The van der Waals surface area contributed by atoms with Gasteiger partial charge in [0.15, 0.2) is 0 Å². The van der Waals surface area contributed by atoms with Gasteiger partial charge in [0.05, 0.1) is 0 Å². The van der Waals surface area contributed by atoms with Crippen LogP contribution in [0.15, 0.2) is 12.7 Å². The summed E-state index contributed by atoms with van der Waals surface area (Å²) in [7, 11) is 0. The van der Waals surface area contributed by atoms with Crippen molar-refractivity contribution in [3.8, 4) is 0 Å². The molecule has 122 valence electrons. The Kier molecular flexibility index (Phi) is 3.82. The van der Waals surface area contributed by atoms with E-state index < -0.39 is 0 Å². The van der Waals surface area contributed by atoms with Gasteiger partial charge in [0.1, 0.15) is 12.1 Å². The Bertz CT molecular complexity index is 483. The van der Waals surface area contributed by atoms with Crippen LogP contribution in [0.4, 0.5) is 0 Å². The van der Waals surface area contributed by atoms with Crippen molar-refractivity contribution < 1.29 is 14.3 Å². The second-order valence-electron chi connectivity index (χ2n) is 7.86. The minimum atomic E-state index is -0.333. The standard InChI is InChI=1S/C18H27NO3/c1-4-15(20)19-11-16(21)22-18(5-2)13-6-12-7-14(18)10-17(3,8-12)9-13/h4,12-14H,1,5-11H2,2-3H3,(H,19,20). The Morgan fingerprint density at radius 3 is 2.41 bits per heavy atom. The summed E-state index contributed by atoms with van der Waals surface area (Å²) in [4.78, 5) is 23.4. The molecule has 4 bridgehead atoms. The van der Waals surface area contributed by atoms with Gasteiger partial charge in [0.2, 0.25) is 5.91 Å². The fourth-order valence-electron chi connectivity index (χ4n) is 5.74. The molecule has 0 radical (unpaired) electrons. The number of hydrogen-bond acceptors (Lipinski definition) is 3. The second kappa shape index (κ2) is 5.39. The lowest BCUT2D eigenvalue weighted by Crippen LogP contribution is -2.62. The van der Waals surface area contributed by atoms with E-state index in [9.17, 15) is 9.59 Å². The van der Waals surface area contributed by atoms with Crippen molar-refractivity contribution in [1.29, 1.82) is 0 Å². The quantitative estimate of drug-likeness (QED) is 0.627. The Balaban J connectivity index is 1.71. The molecule has 4 rings (SSSR count). The molecule has 4 aliphatic carbocycles. The number of carbonyl (C=O) groups is 2. The molecule has 1 amide bonds. The molecule has 4 saturated carbocycles. The van der Waals surface area contributed by atoms with Crippen LogP contribution in [0.1, 0.15) is 52.4 Å². The van der Waals surface area contributed by atoms with Crippen molar-refractivity contribution in [3.63, 3.8) is 0 Å². The zero-order valence-electron chi connectivity index (χ0n) is 13.7. The van der Waals surface area contributed by atoms with Crippen molar-refractivity contribution in [3.05, 3.63) is 12.7 Å². The first kappa shape index (κ1) is 15.6. The highest BCUT2D eigenvalue weighted by Crippen LogP contribution is 2.65. The van der Waals surface area contributed by atoms with E-state index in [0.717, 1.165) is 12.3 Å². The van der Waals surface area contributed by atoms with Crippen LogP contribution in [0.3, 0.4) is 0 Å². The van der Waals surface area contributed by atoms with Gasteiger partial charge in [-0.25, -0.2) is 0 Å². The van der Waals surface area contributed by atoms with Crippen LogP contribution in [-0.2, 0) is 14.3 Å². The summed E-state index contributed by atoms with van der Waals surface area (Å²) >= 11 is 0. The van der Waals surface area contributed by atoms with E-state index in [1.165, 1.54) is 38.2 Å². The zero-order valence-corrected chi connectivity index (χ0v) is 13.7. The lowest BCUT2D eigenvalue weighted by atomic mass is 9.44. The van der Waals surface area contributed by atoms with Gasteiger partial charge in [-0.05, 0) is 67.8 Å². The Hall–Kier alpha value is -1.32. The lowest BCUT2D eigenvalue weighted by Gasteiger charge is -2.63. The molecular formula is C18H27NO3. The van der Waals surface area contributed by atoms with Crippen molar-refractivity contribution >= 4 is 11.9 Å². The summed E-state index contributed by atoms with van der Waals surface area (Å²) in [6.45, 7) is 7.87. The number of rotatable bonds is 5. The van der Waals surface area contributed by atoms with Gasteiger partial charge in [0, 0.05) is 0 Å². The Labute approximate surface area is 132 Å². The molecule has 4 nitrogen and oxygen atoms in total. The third-order valence-electron chi connectivity index (χ3n) is 6.33. The van der Waals surface area contributed by atoms with E-state index in [0.29, 0.717) is 17.3 Å². The molecule has 0 aromatic heterocycles. The van der Waals surface area contributed by atoms with E-state index in [-0.39, 0.29) is 24.0 Å². The van der Waals surface area contributed by atoms with Gasteiger partial charge in [0.25, 0.3) is 0 Å². The molecule has 22 heavy (non-hydrogen) atoms. The SMILES string of the molecule is C=CC(=O)NCC(=O)OC1(CC)C2CC3CC1CC(C)(C3)C2. The highest BCUT2D eigenvalue weighted by Gasteiger charge is 2.61. The number of hydrogen-bond donors (Lipinski definition) is 1. The summed E-state index contributed by atoms with van der Waals surface area (Å²) in [5.74, 6) is 1.16. The second-order valence-corrected chi connectivity index (χ2v) is 7.86. The Morgan fingerprint density at radius 1 is 1.27 bits per heavy atom. The molecule has 4 aliphatic rings. The Morgan fingerprint density at radius 2 is 1.91 bits per heavy atom. The van der Waals surface area contributed by atoms with Crippen molar-refractivity contribution in [2.75, 3.05) is 6.54 Å². The minimum Gasteiger partial charge on any atom is -0.457 e. The normalized spacial score (nSPS) is 42.0. The molecule has 1 N–H and O–H groups in total. The zero-order chi connectivity index (χ0) is 16.0. The van der Waals surface area contributed by atoms with Crippen LogP contribution in [0.5, 0.6) is 0 Å². The van der Waals surface area contributed by atoms with Crippen LogP contribution < -0.4 is 5.32 Å². The molecule has 2 atom stereocenters. The molecule has 4 heteroatoms. The van der Waals surface area contributed by atoms with Crippen molar-refractivity contribution in [1.82, 2.24) is 5.32 Å². The van der Waals surface area contributed by atoms with Crippen LogP contribution >= 0.6 is 0 Å². The summed E-state index contributed by atoms with van der Waals surface area (Å²) in [6, 6.07) is 0. The molecule has 2 unspecified atom stereocenters. The lowest BCUT2D eigenvalue weighted by molar-refractivity contribution is -0.223. The number of amides is 1. The first-order valence-electron chi connectivity index (χ1n) is 8.53. The van der Waals surface area contributed by atoms with Gasteiger partial charge in [-0.3, -0.25) is 9.59 Å². The van der Waals surface area contributed by atoms with Crippen LogP contribution in [-0.4, -0.2) is 24.0 Å². The number of ether oxygens (including phenoxy) is 1.